The van der Waals surface area contributed by atoms with E-state index in [2.05, 4.69) is 34.2 Å². The van der Waals surface area contributed by atoms with E-state index in [1.165, 1.54) is 16.7 Å². The van der Waals surface area contributed by atoms with Gasteiger partial charge in [-0.3, -0.25) is 4.79 Å². The van der Waals surface area contributed by atoms with Gasteiger partial charge in [0.1, 0.15) is 0 Å². The molecule has 0 amide bonds. The number of rotatable bonds is 3. The average molecular weight is 305 g/mol. The Balaban J connectivity index is 1.83. The number of H-pyrrole nitrogens is 1. The van der Waals surface area contributed by atoms with Gasteiger partial charge in [-0.15, -0.1) is 0 Å². The second kappa shape index (κ2) is 5.88. The van der Waals surface area contributed by atoms with Gasteiger partial charge in [0.05, 0.1) is 6.33 Å². The molecular weight excluding hydrogens is 286 g/mol. The minimum atomic E-state index is 0.0283. The van der Waals surface area contributed by atoms with Crippen molar-refractivity contribution in [3.63, 3.8) is 0 Å². The lowest BCUT2D eigenvalue weighted by atomic mass is 9.92. The normalized spacial score (nSPS) is 13.2. The van der Waals surface area contributed by atoms with Crippen molar-refractivity contribution in [2.45, 2.75) is 32.2 Å². The molecular formula is C19H19N3O. The molecule has 4 nitrogen and oxygen atoms in total. The van der Waals surface area contributed by atoms with Crippen LogP contribution in [0.2, 0.25) is 0 Å². The summed E-state index contributed by atoms with van der Waals surface area (Å²) in [6.07, 6.45) is 11.3. The molecule has 0 saturated heterocycles. The minimum absolute atomic E-state index is 0.0283. The summed E-state index contributed by atoms with van der Waals surface area (Å²) in [7, 11) is 0. The van der Waals surface area contributed by atoms with Gasteiger partial charge in [0.25, 0.3) is 5.56 Å². The van der Waals surface area contributed by atoms with E-state index in [4.69, 9.17) is 0 Å². The molecule has 1 aliphatic carbocycles. The number of aromatic nitrogens is 3. The second-order valence-corrected chi connectivity index (χ2v) is 6.06. The van der Waals surface area contributed by atoms with Crippen LogP contribution in [0.4, 0.5) is 0 Å². The molecule has 0 atom stereocenters. The highest BCUT2D eigenvalue weighted by Crippen LogP contribution is 2.33. The first kappa shape index (κ1) is 14.0. The summed E-state index contributed by atoms with van der Waals surface area (Å²) >= 11 is 0. The number of aryl methyl sites for hydroxylation is 3. The maximum absolute atomic E-state index is 12.5. The fourth-order valence-corrected chi connectivity index (χ4v) is 3.50. The molecule has 4 heteroatoms. The Morgan fingerprint density at radius 1 is 1.17 bits per heavy atom. The zero-order valence-electron chi connectivity index (χ0n) is 13.0. The number of fused-ring (bicyclic) bond motifs is 3. The second-order valence-electron chi connectivity index (χ2n) is 6.06. The van der Waals surface area contributed by atoms with E-state index in [0.717, 1.165) is 36.9 Å². The largest absolute Gasteiger partial charge is 0.337 e. The summed E-state index contributed by atoms with van der Waals surface area (Å²) in [5.74, 6) is 0. The summed E-state index contributed by atoms with van der Waals surface area (Å²) in [6, 6.07) is 8.49. The molecule has 0 saturated carbocycles. The zero-order chi connectivity index (χ0) is 15.6. The van der Waals surface area contributed by atoms with Crippen molar-refractivity contribution in [3.8, 4) is 11.1 Å². The van der Waals surface area contributed by atoms with Gasteiger partial charge in [-0.25, -0.2) is 4.98 Å². The van der Waals surface area contributed by atoms with Crippen LogP contribution in [0.25, 0.3) is 11.1 Å². The quantitative estimate of drug-likeness (QED) is 0.809. The number of nitrogens with one attached hydrogen (secondary N) is 1. The molecule has 3 aromatic rings. The highest BCUT2D eigenvalue weighted by molar-refractivity contribution is 5.74. The minimum Gasteiger partial charge on any atom is -0.337 e. The standard InChI is InChI=1S/C19H19N3O/c23-19-17(8-10-22-11-9-20-13-22)18-15(12-21-19)6-3-5-14-4-1-2-7-16(14)18/h1-2,4,7,9,11-13H,3,5-6,8,10H2,(H,21,23). The van der Waals surface area contributed by atoms with Crippen LogP contribution in [0, 0.1) is 0 Å². The summed E-state index contributed by atoms with van der Waals surface area (Å²) in [5, 5.41) is 0. The molecule has 0 spiro atoms. The van der Waals surface area contributed by atoms with E-state index in [0.29, 0.717) is 6.42 Å². The van der Waals surface area contributed by atoms with Crippen LogP contribution in [-0.4, -0.2) is 14.5 Å². The van der Waals surface area contributed by atoms with Crippen molar-refractivity contribution in [2.24, 2.45) is 0 Å². The summed E-state index contributed by atoms with van der Waals surface area (Å²) in [5.41, 5.74) is 5.91. The average Bonchev–Trinajstić information content (AvgIpc) is 3.01. The smallest absolute Gasteiger partial charge is 0.251 e. The van der Waals surface area contributed by atoms with Gasteiger partial charge in [-0.05, 0) is 47.9 Å². The first-order chi connectivity index (χ1) is 11.3. The lowest BCUT2D eigenvalue weighted by molar-refractivity contribution is 0.691. The molecule has 4 rings (SSSR count). The SMILES string of the molecule is O=c1[nH]cc2c(c1CCn1ccnc1)-c1ccccc1CCC2. The molecule has 2 aromatic heterocycles. The van der Waals surface area contributed by atoms with Crippen molar-refractivity contribution < 1.29 is 0 Å². The lowest BCUT2D eigenvalue weighted by Gasteiger charge is -2.14. The van der Waals surface area contributed by atoms with E-state index >= 15 is 0 Å². The highest BCUT2D eigenvalue weighted by atomic mass is 16.1. The van der Waals surface area contributed by atoms with Crippen LogP contribution >= 0.6 is 0 Å². The van der Waals surface area contributed by atoms with Crippen molar-refractivity contribution >= 4 is 0 Å². The number of imidazole rings is 1. The molecule has 0 bridgehead atoms. The van der Waals surface area contributed by atoms with Gasteiger partial charge < -0.3 is 9.55 Å². The molecule has 0 radical (unpaired) electrons. The number of hydrogen-bond donors (Lipinski definition) is 1. The van der Waals surface area contributed by atoms with Gasteiger partial charge in [0.2, 0.25) is 0 Å². The molecule has 0 aliphatic heterocycles. The number of benzene rings is 1. The Morgan fingerprint density at radius 2 is 2.04 bits per heavy atom. The lowest BCUT2D eigenvalue weighted by Crippen LogP contribution is -2.17. The molecule has 0 fully saturated rings. The van der Waals surface area contributed by atoms with Gasteiger partial charge >= 0.3 is 0 Å². The third-order valence-electron chi connectivity index (χ3n) is 4.63. The molecule has 1 aromatic carbocycles. The zero-order valence-corrected chi connectivity index (χ0v) is 13.0. The third kappa shape index (κ3) is 2.61. The Kier molecular flexibility index (Phi) is 3.58. The van der Waals surface area contributed by atoms with Crippen molar-refractivity contribution in [1.29, 1.82) is 0 Å². The van der Waals surface area contributed by atoms with Crippen LogP contribution in [0.15, 0.2) is 54.0 Å². The van der Waals surface area contributed by atoms with Crippen molar-refractivity contribution in [2.75, 3.05) is 0 Å². The number of aromatic amines is 1. The van der Waals surface area contributed by atoms with E-state index in [9.17, 15) is 4.79 Å². The van der Waals surface area contributed by atoms with E-state index in [1.54, 1.807) is 12.5 Å². The molecule has 1 N–H and O–H groups in total. The number of pyridine rings is 1. The number of nitrogens with zero attached hydrogens (tertiary/aromatic N) is 2. The number of hydrogen-bond acceptors (Lipinski definition) is 2. The fourth-order valence-electron chi connectivity index (χ4n) is 3.50. The third-order valence-corrected chi connectivity index (χ3v) is 4.63. The van der Waals surface area contributed by atoms with Gasteiger partial charge in [-0.1, -0.05) is 24.3 Å². The first-order valence-electron chi connectivity index (χ1n) is 8.10. The van der Waals surface area contributed by atoms with Gasteiger partial charge in [0, 0.05) is 30.7 Å². The van der Waals surface area contributed by atoms with Crippen molar-refractivity contribution in [3.05, 3.63) is 76.2 Å². The molecule has 116 valence electrons. The molecule has 2 heterocycles. The van der Waals surface area contributed by atoms with Crippen LogP contribution in [0.1, 0.15) is 23.1 Å². The Hall–Kier alpha value is -2.62. The predicted octanol–water partition coefficient (Wildman–Crippen LogP) is 2.97. The maximum Gasteiger partial charge on any atom is 0.251 e. The van der Waals surface area contributed by atoms with Crippen LogP contribution in [-0.2, 0) is 25.8 Å². The fraction of sp³-hybridized carbons (Fsp3) is 0.263. The van der Waals surface area contributed by atoms with E-state index in [1.807, 2.05) is 17.0 Å². The van der Waals surface area contributed by atoms with Gasteiger partial charge in [-0.2, -0.15) is 0 Å². The Labute approximate surface area is 134 Å². The summed E-state index contributed by atoms with van der Waals surface area (Å²) in [4.78, 5) is 19.5. The maximum atomic E-state index is 12.5. The monoisotopic (exact) mass is 305 g/mol. The first-order valence-corrected chi connectivity index (χ1v) is 8.10. The Bertz CT molecular complexity index is 878. The van der Waals surface area contributed by atoms with E-state index in [-0.39, 0.29) is 5.56 Å². The molecule has 23 heavy (non-hydrogen) atoms. The van der Waals surface area contributed by atoms with Crippen molar-refractivity contribution in [1.82, 2.24) is 14.5 Å². The van der Waals surface area contributed by atoms with E-state index < -0.39 is 0 Å². The Morgan fingerprint density at radius 3 is 2.91 bits per heavy atom. The predicted molar refractivity (Wildman–Crippen MR) is 90.5 cm³/mol. The summed E-state index contributed by atoms with van der Waals surface area (Å²) < 4.78 is 2.02. The van der Waals surface area contributed by atoms with Crippen LogP contribution < -0.4 is 5.56 Å². The molecule has 0 unspecified atom stereocenters. The van der Waals surface area contributed by atoms with Gasteiger partial charge in [0.15, 0.2) is 0 Å². The van der Waals surface area contributed by atoms with Crippen LogP contribution in [0.3, 0.4) is 0 Å². The highest BCUT2D eigenvalue weighted by Gasteiger charge is 2.19. The summed E-state index contributed by atoms with van der Waals surface area (Å²) in [6.45, 7) is 0.766. The molecule has 1 aliphatic rings. The topological polar surface area (TPSA) is 50.7 Å². The van der Waals surface area contributed by atoms with Crippen LogP contribution in [0.5, 0.6) is 0 Å².